The molecule has 46 heavy (non-hydrogen) atoms. The second-order valence-corrected chi connectivity index (χ2v) is 11.4. The number of fused-ring (bicyclic) bond motifs is 1. The molecule has 0 unspecified atom stereocenters. The molecule has 0 bridgehead atoms. The number of nitrogens with one attached hydrogen (secondary N) is 1. The number of hydrogen-bond donors (Lipinski definition) is 1. The van der Waals surface area contributed by atoms with Crippen molar-refractivity contribution >= 4 is 53.9 Å². The topological polar surface area (TPSA) is 104 Å². The van der Waals surface area contributed by atoms with Gasteiger partial charge in [-0.05, 0) is 75.6 Å². The minimum absolute atomic E-state index is 0. The number of ether oxygens (including phenoxy) is 2. The number of carbonyl (C=O) groups is 3. The van der Waals surface area contributed by atoms with Crippen molar-refractivity contribution in [2.24, 2.45) is 5.41 Å². The second kappa shape index (κ2) is 17.2. The largest absolute Gasteiger partial charge is 0.496 e. The number of benzene rings is 2. The Morgan fingerprint density at radius 3 is 2.48 bits per heavy atom. The second-order valence-electron chi connectivity index (χ2n) is 11.4. The van der Waals surface area contributed by atoms with Gasteiger partial charge < -0.3 is 29.5 Å². The number of para-hydroxylation sites is 1. The fourth-order valence-electron chi connectivity index (χ4n) is 5.30. The molecule has 2 heterocycles. The Hall–Kier alpha value is -3.86. The summed E-state index contributed by atoms with van der Waals surface area (Å²) >= 11 is 0. The van der Waals surface area contributed by atoms with Crippen LogP contribution in [0.5, 0.6) is 11.5 Å². The van der Waals surface area contributed by atoms with Crippen molar-refractivity contribution in [2.75, 3.05) is 57.2 Å². The molecule has 2 aromatic carbocycles. The Balaban J connectivity index is 0.00000368. The molecule has 1 aliphatic rings. The van der Waals surface area contributed by atoms with Crippen LogP contribution in [0.4, 0.5) is 11.4 Å². The first-order chi connectivity index (χ1) is 21.1. The summed E-state index contributed by atoms with van der Waals surface area (Å²) in [5.41, 5.74) is 2.86. The van der Waals surface area contributed by atoms with E-state index < -0.39 is 5.41 Å². The van der Waals surface area contributed by atoms with Crippen molar-refractivity contribution in [2.45, 2.75) is 40.2 Å². The predicted molar refractivity (Wildman–Crippen MR) is 186 cm³/mol. The number of rotatable bonds is 13. The van der Waals surface area contributed by atoms with E-state index in [1.54, 1.807) is 61.9 Å². The molecule has 10 nitrogen and oxygen atoms in total. The number of hydrogen-bond acceptors (Lipinski definition) is 7. The number of aryl methyl sites for hydroxylation is 1. The van der Waals surface area contributed by atoms with Crippen LogP contribution in [-0.4, -0.2) is 75.1 Å². The lowest BCUT2D eigenvalue weighted by atomic mass is 9.90. The number of carbonyl (C=O) groups excluding carboxylic acids is 3. The number of methoxy groups -OCH3 is 1. The zero-order valence-corrected chi connectivity index (χ0v) is 29.0. The summed E-state index contributed by atoms with van der Waals surface area (Å²) in [5.74, 6) is 0.684. The molecular formula is C34H45Cl2N5O5. The lowest BCUT2D eigenvalue weighted by Crippen LogP contribution is -2.47. The molecule has 3 aromatic rings. The van der Waals surface area contributed by atoms with Gasteiger partial charge in [-0.2, -0.15) is 0 Å². The molecule has 0 radical (unpaired) electrons. The van der Waals surface area contributed by atoms with Gasteiger partial charge in [-0.15, -0.1) is 24.8 Å². The van der Waals surface area contributed by atoms with Gasteiger partial charge in [0.2, 0.25) is 11.8 Å². The molecule has 0 fully saturated rings. The van der Waals surface area contributed by atoms with Gasteiger partial charge in [-0.1, -0.05) is 12.1 Å². The van der Waals surface area contributed by atoms with Gasteiger partial charge in [0.1, 0.15) is 16.9 Å². The molecule has 1 aromatic heterocycles. The van der Waals surface area contributed by atoms with Crippen molar-refractivity contribution in [3.8, 4) is 11.5 Å². The van der Waals surface area contributed by atoms with E-state index in [1.807, 2.05) is 49.5 Å². The van der Waals surface area contributed by atoms with E-state index in [-0.39, 0.29) is 42.5 Å². The van der Waals surface area contributed by atoms with Crippen LogP contribution >= 0.6 is 24.8 Å². The van der Waals surface area contributed by atoms with Gasteiger partial charge in [0.05, 0.1) is 30.7 Å². The van der Waals surface area contributed by atoms with Crippen molar-refractivity contribution in [1.29, 1.82) is 0 Å². The highest BCUT2D eigenvalue weighted by atomic mass is 35.5. The monoisotopic (exact) mass is 673 g/mol. The summed E-state index contributed by atoms with van der Waals surface area (Å²) in [6.07, 6.45) is 3.32. The zero-order valence-electron chi connectivity index (χ0n) is 27.4. The molecule has 0 saturated heterocycles. The summed E-state index contributed by atoms with van der Waals surface area (Å²) < 4.78 is 11.4. The fraction of sp³-hybridized carbons (Fsp3) is 0.412. The van der Waals surface area contributed by atoms with Crippen LogP contribution in [0.25, 0.3) is 0 Å². The van der Waals surface area contributed by atoms with Crippen LogP contribution in [0.2, 0.25) is 0 Å². The van der Waals surface area contributed by atoms with E-state index in [0.717, 1.165) is 24.1 Å². The molecule has 1 N–H and O–H groups in total. The fourth-order valence-corrected chi connectivity index (χ4v) is 5.30. The Morgan fingerprint density at radius 2 is 1.76 bits per heavy atom. The van der Waals surface area contributed by atoms with Crippen LogP contribution in [0.1, 0.15) is 48.8 Å². The molecule has 0 aliphatic carbocycles. The van der Waals surface area contributed by atoms with E-state index >= 15 is 0 Å². The van der Waals surface area contributed by atoms with E-state index in [2.05, 4.69) is 16.4 Å². The quantitative estimate of drug-likeness (QED) is 0.197. The van der Waals surface area contributed by atoms with Crippen molar-refractivity contribution in [1.82, 2.24) is 15.2 Å². The van der Waals surface area contributed by atoms with Gasteiger partial charge in [0, 0.05) is 58.2 Å². The van der Waals surface area contributed by atoms with Gasteiger partial charge in [-0.3, -0.25) is 19.4 Å². The Labute approximate surface area is 284 Å². The van der Waals surface area contributed by atoms with Gasteiger partial charge in [0.25, 0.3) is 5.91 Å². The van der Waals surface area contributed by atoms with Crippen LogP contribution in [0.3, 0.4) is 0 Å². The van der Waals surface area contributed by atoms with Crippen LogP contribution < -0.4 is 24.6 Å². The third kappa shape index (κ3) is 8.69. The molecule has 1 aliphatic heterocycles. The number of aromatic nitrogens is 1. The summed E-state index contributed by atoms with van der Waals surface area (Å²) in [6, 6.07) is 16.8. The van der Waals surface area contributed by atoms with E-state index in [4.69, 9.17) is 9.47 Å². The highest BCUT2D eigenvalue weighted by molar-refractivity contribution is 6.20. The Morgan fingerprint density at radius 1 is 1.02 bits per heavy atom. The molecular weight excluding hydrogens is 629 g/mol. The summed E-state index contributed by atoms with van der Waals surface area (Å²) in [4.78, 5) is 48.4. The van der Waals surface area contributed by atoms with Gasteiger partial charge in [-0.25, -0.2) is 0 Å². The Kier molecular flexibility index (Phi) is 14.3. The first-order valence-corrected chi connectivity index (χ1v) is 15.0. The molecule has 12 heteroatoms. The molecule has 4 rings (SSSR count). The number of pyridine rings is 1. The summed E-state index contributed by atoms with van der Waals surface area (Å²) in [5, 5.41) is 3.40. The molecule has 3 amide bonds. The molecule has 0 spiro atoms. The number of amides is 3. The van der Waals surface area contributed by atoms with E-state index in [0.29, 0.717) is 61.2 Å². The first kappa shape index (κ1) is 38.3. The number of likely N-dealkylation sites (N-methyl/N-ethyl adjacent to an activating group) is 1. The van der Waals surface area contributed by atoms with E-state index in [9.17, 15) is 14.4 Å². The minimum Gasteiger partial charge on any atom is -0.496 e. The van der Waals surface area contributed by atoms with Crippen molar-refractivity contribution in [3.05, 3.63) is 77.6 Å². The highest BCUT2D eigenvalue weighted by Gasteiger charge is 2.45. The third-order valence-corrected chi connectivity index (χ3v) is 7.90. The standard InChI is InChI=1S/C34H43N5O5.2ClH/c1-7-39-28-15-14-26(22-29(28)38(5)32(41)34(2,3)33(39)42)44-20-10-11-25-21-24(16-17-36-25)23-35-18-19-37(4)31(40)27-12-8-9-13-30(27)43-6;;/h8-9,12-17,21-22,35H,7,10-11,18-20,23H2,1-6H3;2*1H. The zero-order chi connectivity index (χ0) is 31.9. The number of anilines is 2. The van der Waals surface area contributed by atoms with Gasteiger partial charge >= 0.3 is 0 Å². The molecule has 250 valence electrons. The third-order valence-electron chi connectivity index (χ3n) is 7.90. The number of halogens is 2. The number of nitrogens with zero attached hydrogens (tertiary/aromatic N) is 4. The smallest absolute Gasteiger partial charge is 0.257 e. The van der Waals surface area contributed by atoms with Crippen molar-refractivity contribution < 1.29 is 23.9 Å². The maximum Gasteiger partial charge on any atom is 0.257 e. The predicted octanol–water partition coefficient (Wildman–Crippen LogP) is 5.16. The minimum atomic E-state index is -1.14. The lowest BCUT2D eigenvalue weighted by molar-refractivity contribution is -0.137. The van der Waals surface area contributed by atoms with Crippen LogP contribution in [0, 0.1) is 5.41 Å². The first-order valence-electron chi connectivity index (χ1n) is 15.0. The maximum atomic E-state index is 13.1. The lowest BCUT2D eigenvalue weighted by Gasteiger charge is -2.27. The normalized spacial score (nSPS) is 13.6. The van der Waals surface area contributed by atoms with Gasteiger partial charge in [0.15, 0.2) is 0 Å². The SMILES string of the molecule is CCN1C(=O)C(C)(C)C(=O)N(C)c2cc(OCCCc3cc(CNCCN(C)C(=O)c4ccccc4OC)ccn3)ccc21.Cl.Cl. The van der Waals surface area contributed by atoms with E-state index in [1.165, 1.54) is 0 Å². The average molecular weight is 675 g/mol. The molecule has 0 saturated carbocycles. The Bertz CT molecular complexity index is 1500. The molecule has 0 atom stereocenters. The van der Waals surface area contributed by atoms with Crippen LogP contribution in [-0.2, 0) is 22.6 Å². The van der Waals surface area contributed by atoms with Crippen LogP contribution in [0.15, 0.2) is 60.8 Å². The average Bonchev–Trinajstić information content (AvgIpc) is 3.09. The highest BCUT2D eigenvalue weighted by Crippen LogP contribution is 2.40. The van der Waals surface area contributed by atoms with Crippen molar-refractivity contribution in [3.63, 3.8) is 0 Å². The summed E-state index contributed by atoms with van der Waals surface area (Å²) in [7, 11) is 5.05. The maximum absolute atomic E-state index is 13.1. The summed E-state index contributed by atoms with van der Waals surface area (Å²) in [6.45, 7) is 8.07.